The molecule has 1 aliphatic heterocycles. The first-order chi connectivity index (χ1) is 9.26. The highest BCUT2D eigenvalue weighted by molar-refractivity contribution is 4.87. The van der Waals surface area contributed by atoms with Crippen LogP contribution in [0.4, 0.5) is 0 Å². The molecular formula is C8H13N9O2. The van der Waals surface area contributed by atoms with Crippen molar-refractivity contribution in [1.29, 1.82) is 0 Å². The van der Waals surface area contributed by atoms with Crippen LogP contribution >= 0.6 is 0 Å². The number of nitrogens with zero attached hydrogens (tertiary/aromatic N) is 9. The minimum Gasteiger partial charge on any atom is -0.378 e. The summed E-state index contributed by atoms with van der Waals surface area (Å²) in [7, 11) is 0. The Hall–Kier alpha value is -2.15. The molecule has 1 unspecified atom stereocenters. The zero-order chi connectivity index (χ0) is 14.0. The van der Waals surface area contributed by atoms with E-state index in [0.717, 1.165) is 0 Å². The van der Waals surface area contributed by atoms with Crippen molar-refractivity contribution < 1.29 is 9.47 Å². The lowest BCUT2D eigenvalue weighted by Crippen LogP contribution is -2.37. The number of epoxide rings is 1. The van der Waals surface area contributed by atoms with Crippen LogP contribution in [0.25, 0.3) is 31.3 Å². The van der Waals surface area contributed by atoms with Crippen LogP contribution in [0, 0.1) is 5.41 Å². The van der Waals surface area contributed by atoms with Crippen molar-refractivity contribution in [2.75, 3.05) is 39.5 Å². The van der Waals surface area contributed by atoms with Crippen LogP contribution in [0.2, 0.25) is 0 Å². The van der Waals surface area contributed by atoms with Gasteiger partial charge in [-0.05, 0) is 16.6 Å². The highest BCUT2D eigenvalue weighted by atomic mass is 16.6. The van der Waals surface area contributed by atoms with E-state index in [1.54, 1.807) is 0 Å². The summed E-state index contributed by atoms with van der Waals surface area (Å²) in [5.74, 6) is 0. The predicted molar refractivity (Wildman–Crippen MR) is 65.0 cm³/mol. The summed E-state index contributed by atoms with van der Waals surface area (Å²) in [6.07, 6.45) is 0.0936. The van der Waals surface area contributed by atoms with Crippen LogP contribution in [-0.2, 0) is 9.47 Å². The molecule has 0 saturated carbocycles. The molecule has 0 radical (unpaired) electrons. The number of azide groups is 3. The molecule has 0 bridgehead atoms. The zero-order valence-corrected chi connectivity index (χ0v) is 10.2. The Morgan fingerprint density at radius 1 is 1.05 bits per heavy atom. The van der Waals surface area contributed by atoms with Gasteiger partial charge in [0.15, 0.2) is 0 Å². The number of hydrogen-bond donors (Lipinski definition) is 0. The van der Waals surface area contributed by atoms with E-state index in [4.69, 9.17) is 26.1 Å². The lowest BCUT2D eigenvalue weighted by Gasteiger charge is -2.28. The lowest BCUT2D eigenvalue weighted by atomic mass is 9.89. The van der Waals surface area contributed by atoms with Gasteiger partial charge in [0.25, 0.3) is 0 Å². The third-order valence-electron chi connectivity index (χ3n) is 2.52. The van der Waals surface area contributed by atoms with E-state index >= 15 is 0 Å². The molecule has 19 heavy (non-hydrogen) atoms. The van der Waals surface area contributed by atoms with Crippen LogP contribution < -0.4 is 0 Å². The molecule has 0 amide bonds. The second-order valence-corrected chi connectivity index (χ2v) is 4.14. The number of rotatable bonds is 10. The van der Waals surface area contributed by atoms with Gasteiger partial charge in [-0.1, -0.05) is 15.3 Å². The van der Waals surface area contributed by atoms with Crippen LogP contribution in [0.5, 0.6) is 0 Å². The summed E-state index contributed by atoms with van der Waals surface area (Å²) in [4.78, 5) is 8.00. The molecular weight excluding hydrogens is 254 g/mol. The maximum absolute atomic E-state index is 8.39. The minimum atomic E-state index is -0.820. The van der Waals surface area contributed by atoms with Crippen molar-refractivity contribution >= 4 is 0 Å². The standard InChI is InChI=1S/C8H13N9O2/c9-15-12-3-8(4-13-16-10,5-14-17-11)6-18-1-7-2-19-7/h7H,1-6H2. The quantitative estimate of drug-likeness (QED) is 0.256. The summed E-state index contributed by atoms with van der Waals surface area (Å²) < 4.78 is 10.4. The molecule has 0 aromatic carbocycles. The van der Waals surface area contributed by atoms with Crippen LogP contribution in [0.1, 0.15) is 0 Å². The van der Waals surface area contributed by atoms with E-state index in [-0.39, 0.29) is 32.3 Å². The molecule has 11 heteroatoms. The monoisotopic (exact) mass is 267 g/mol. The first kappa shape index (κ1) is 14.9. The highest BCUT2D eigenvalue weighted by Crippen LogP contribution is 2.22. The van der Waals surface area contributed by atoms with Gasteiger partial charge in [0, 0.05) is 39.8 Å². The van der Waals surface area contributed by atoms with Crippen molar-refractivity contribution in [3.05, 3.63) is 31.3 Å². The summed E-state index contributed by atoms with van der Waals surface area (Å²) >= 11 is 0. The maximum Gasteiger partial charge on any atom is 0.104 e. The topological polar surface area (TPSA) is 168 Å². The van der Waals surface area contributed by atoms with Crippen molar-refractivity contribution in [2.24, 2.45) is 20.8 Å². The highest BCUT2D eigenvalue weighted by Gasteiger charge is 2.30. The van der Waals surface area contributed by atoms with Gasteiger partial charge in [-0.25, -0.2) is 0 Å². The predicted octanol–water partition coefficient (Wildman–Crippen LogP) is 2.32. The summed E-state index contributed by atoms with van der Waals surface area (Å²) in [6, 6.07) is 0. The van der Waals surface area contributed by atoms with E-state index in [1.165, 1.54) is 0 Å². The Morgan fingerprint density at radius 3 is 1.89 bits per heavy atom. The summed E-state index contributed by atoms with van der Waals surface area (Å²) in [6.45, 7) is 1.29. The minimum absolute atomic E-state index is 0.0209. The smallest absolute Gasteiger partial charge is 0.104 e. The molecule has 102 valence electrons. The van der Waals surface area contributed by atoms with Gasteiger partial charge in [0.05, 0.1) is 19.8 Å². The van der Waals surface area contributed by atoms with Crippen LogP contribution in [-0.4, -0.2) is 45.6 Å². The Morgan fingerprint density at radius 2 is 1.53 bits per heavy atom. The van der Waals surface area contributed by atoms with Crippen LogP contribution in [0.3, 0.4) is 0 Å². The van der Waals surface area contributed by atoms with E-state index < -0.39 is 5.41 Å². The first-order valence-corrected chi connectivity index (χ1v) is 5.48. The molecule has 0 aliphatic carbocycles. The van der Waals surface area contributed by atoms with Gasteiger partial charge in [0.1, 0.15) is 6.10 Å². The van der Waals surface area contributed by atoms with Crippen molar-refractivity contribution in [3.8, 4) is 0 Å². The number of ether oxygens (including phenoxy) is 2. The van der Waals surface area contributed by atoms with Crippen molar-refractivity contribution in [2.45, 2.75) is 6.10 Å². The Kier molecular flexibility index (Phi) is 6.31. The largest absolute Gasteiger partial charge is 0.378 e. The van der Waals surface area contributed by atoms with Gasteiger partial charge in [0.2, 0.25) is 0 Å². The van der Waals surface area contributed by atoms with Gasteiger partial charge in [-0.15, -0.1) is 0 Å². The van der Waals surface area contributed by atoms with Gasteiger partial charge >= 0.3 is 0 Å². The normalized spacial score (nSPS) is 19.3. The molecule has 1 saturated heterocycles. The van der Waals surface area contributed by atoms with Crippen molar-refractivity contribution in [3.63, 3.8) is 0 Å². The number of hydrogen-bond acceptors (Lipinski definition) is 5. The molecule has 1 fully saturated rings. The van der Waals surface area contributed by atoms with Crippen LogP contribution in [0.15, 0.2) is 15.3 Å². The molecule has 1 aliphatic rings. The Balaban J connectivity index is 2.68. The molecule has 0 aromatic rings. The molecule has 1 atom stereocenters. The maximum atomic E-state index is 8.39. The van der Waals surface area contributed by atoms with E-state index in [1.807, 2.05) is 0 Å². The Bertz CT molecular complexity index is 379. The molecule has 1 rings (SSSR count). The fraction of sp³-hybridized carbons (Fsp3) is 1.00. The zero-order valence-electron chi connectivity index (χ0n) is 10.2. The lowest BCUT2D eigenvalue weighted by molar-refractivity contribution is 0.0473. The van der Waals surface area contributed by atoms with E-state index in [9.17, 15) is 0 Å². The fourth-order valence-electron chi connectivity index (χ4n) is 1.40. The molecule has 0 N–H and O–H groups in total. The van der Waals surface area contributed by atoms with Gasteiger partial charge in [-0.3, -0.25) is 0 Å². The summed E-state index contributed by atoms with van der Waals surface area (Å²) in [5, 5.41) is 10.4. The molecule has 0 spiro atoms. The average molecular weight is 267 g/mol. The average Bonchev–Trinajstić information content (AvgIpc) is 3.24. The SMILES string of the molecule is [N-]=[N+]=NCC(CN=[N+]=[N-])(CN=[N+]=[N-])COCC1CO1. The molecule has 1 heterocycles. The second kappa shape index (κ2) is 8.04. The van der Waals surface area contributed by atoms with Gasteiger partial charge in [-0.2, -0.15) is 0 Å². The van der Waals surface area contributed by atoms with Crippen molar-refractivity contribution in [1.82, 2.24) is 0 Å². The van der Waals surface area contributed by atoms with Gasteiger partial charge < -0.3 is 9.47 Å². The van der Waals surface area contributed by atoms with E-state index in [0.29, 0.717) is 13.2 Å². The molecule has 11 nitrogen and oxygen atoms in total. The third-order valence-corrected chi connectivity index (χ3v) is 2.52. The second-order valence-electron chi connectivity index (χ2n) is 4.14. The van der Waals surface area contributed by atoms with E-state index in [2.05, 4.69) is 30.1 Å². The third kappa shape index (κ3) is 5.82. The molecule has 0 aromatic heterocycles. The first-order valence-electron chi connectivity index (χ1n) is 5.48. The Labute approximate surface area is 108 Å². The summed E-state index contributed by atoms with van der Waals surface area (Å²) in [5.41, 5.74) is 24.4. The fourth-order valence-corrected chi connectivity index (χ4v) is 1.40.